The molecule has 2 aliphatic rings. The summed E-state index contributed by atoms with van der Waals surface area (Å²) in [4.78, 5) is 47.5. The summed E-state index contributed by atoms with van der Waals surface area (Å²) in [6.07, 6.45) is -0.778. The van der Waals surface area contributed by atoms with Gasteiger partial charge in [-0.1, -0.05) is 6.58 Å². The second-order valence-corrected chi connectivity index (χ2v) is 12.7. The first-order chi connectivity index (χ1) is 17.0. The minimum absolute atomic E-state index is 0.0587. The van der Waals surface area contributed by atoms with E-state index in [-0.39, 0.29) is 36.5 Å². The maximum Gasteiger partial charge on any atom is 0.490 e. The molecule has 17 nitrogen and oxygen atoms in total. The maximum atomic E-state index is 14.7. The minimum Gasteiger partial charge on any atom is -0.393 e. The number of hydrogen-bond donors (Lipinski definition) is 6. The van der Waals surface area contributed by atoms with Crippen LogP contribution in [0.25, 0.3) is 0 Å². The van der Waals surface area contributed by atoms with E-state index in [1.165, 1.54) is 11.1 Å². The number of anilines is 4. The molecule has 3 rings (SSSR count). The first kappa shape index (κ1) is 29.9. The van der Waals surface area contributed by atoms with Gasteiger partial charge in [0.1, 0.15) is 18.0 Å². The number of ether oxygens (including phenoxy) is 1. The normalized spacial score (nSPS) is 25.3. The van der Waals surface area contributed by atoms with E-state index in [9.17, 15) is 27.9 Å². The second kappa shape index (κ2) is 11.2. The van der Waals surface area contributed by atoms with E-state index in [4.69, 9.17) is 26.0 Å². The van der Waals surface area contributed by atoms with Gasteiger partial charge >= 0.3 is 23.5 Å². The second-order valence-electron chi connectivity index (χ2n) is 8.25. The van der Waals surface area contributed by atoms with Gasteiger partial charge in [0.2, 0.25) is 5.95 Å². The van der Waals surface area contributed by atoms with Gasteiger partial charge in [0.25, 0.3) is 0 Å². The molecule has 0 bridgehead atoms. The van der Waals surface area contributed by atoms with Crippen molar-refractivity contribution in [2.45, 2.75) is 43.7 Å². The van der Waals surface area contributed by atoms with Crippen LogP contribution in [0.15, 0.2) is 12.8 Å². The lowest BCUT2D eigenvalue weighted by Crippen LogP contribution is -2.34. The molecule has 1 aromatic heterocycles. The van der Waals surface area contributed by atoms with Crippen molar-refractivity contribution in [3.8, 4) is 0 Å². The van der Waals surface area contributed by atoms with E-state index in [0.29, 0.717) is 5.82 Å². The predicted octanol–water partition coefficient (Wildman–Crippen LogP) is 1.03. The molecule has 1 aromatic rings. The molecule has 210 valence electrons. The number of aromatic nitrogens is 2. The maximum absolute atomic E-state index is 14.7. The summed E-state index contributed by atoms with van der Waals surface area (Å²) in [5.41, 5.74) is 12.3. The first-order valence-corrected chi connectivity index (χ1v) is 15.1. The monoisotopic (exact) mass is 592 g/mol. The van der Waals surface area contributed by atoms with E-state index in [1.807, 2.05) is 11.9 Å². The Balaban J connectivity index is 1.63. The molecule has 21 heteroatoms. The van der Waals surface area contributed by atoms with Crippen molar-refractivity contribution in [2.75, 3.05) is 41.5 Å². The molecule has 0 aromatic carbocycles. The summed E-state index contributed by atoms with van der Waals surface area (Å²) < 4.78 is 66.0. The van der Waals surface area contributed by atoms with Crippen molar-refractivity contribution in [1.82, 2.24) is 9.97 Å². The van der Waals surface area contributed by atoms with Crippen LogP contribution in [0.2, 0.25) is 0 Å². The van der Waals surface area contributed by atoms with E-state index >= 15 is 0 Å². The van der Waals surface area contributed by atoms with Gasteiger partial charge < -0.3 is 45.6 Å². The molecular formula is C16H28FN6O11P3. The summed E-state index contributed by atoms with van der Waals surface area (Å²) in [5.74, 6) is 0.531. The topological polar surface area (TPSA) is 253 Å². The third-order valence-electron chi connectivity index (χ3n) is 5.32. The Hall–Kier alpha value is -1.68. The minimum atomic E-state index is -5.67. The Kier molecular flexibility index (Phi) is 9.04. The number of halogens is 1. The first-order valence-electron chi connectivity index (χ1n) is 10.6. The van der Waals surface area contributed by atoms with E-state index in [1.54, 1.807) is 0 Å². The van der Waals surface area contributed by atoms with Gasteiger partial charge in [0, 0.05) is 19.5 Å². The molecule has 1 saturated carbocycles. The smallest absolute Gasteiger partial charge is 0.393 e. The molecule has 1 aliphatic carbocycles. The van der Waals surface area contributed by atoms with Crippen LogP contribution in [0.5, 0.6) is 0 Å². The molecule has 1 saturated heterocycles. The lowest BCUT2D eigenvalue weighted by atomic mass is 10.1. The zero-order valence-electron chi connectivity index (χ0n) is 19.4. The van der Waals surface area contributed by atoms with Crippen LogP contribution in [0.1, 0.15) is 19.3 Å². The van der Waals surface area contributed by atoms with Crippen LogP contribution in [-0.2, 0) is 31.6 Å². The fourth-order valence-corrected chi connectivity index (χ4v) is 6.61. The van der Waals surface area contributed by atoms with Crippen molar-refractivity contribution in [2.24, 2.45) is 0 Å². The Morgan fingerprint density at radius 3 is 2.32 bits per heavy atom. The Bertz CT molecular complexity index is 1150. The molecule has 2 fully saturated rings. The standard InChI is InChI=1S/C16H28FN6O11P3/c1-3-23(15-13(18)14(20-16(19)21-15)22(2)9-4-5-9)7-12-11(17)6-10(32-12)8-31-36(27,28)34-37(29,30)33-35(24,25)26/h3,9-12H,1,4-8,18H2,2H3,(H,27,28)(H,29,30)(H2,19,20,21)(H2,24,25,26)/t10-,11-,12?/m0/s1. The van der Waals surface area contributed by atoms with Gasteiger partial charge in [-0.2, -0.15) is 18.6 Å². The third-order valence-corrected chi connectivity index (χ3v) is 9.12. The lowest BCUT2D eigenvalue weighted by molar-refractivity contribution is 0.00578. The molecule has 5 atom stereocenters. The Labute approximate surface area is 210 Å². The van der Waals surface area contributed by atoms with Crippen LogP contribution in [-0.4, -0.2) is 74.2 Å². The molecule has 1 aliphatic heterocycles. The number of phosphoric acid groups is 3. The molecule has 37 heavy (non-hydrogen) atoms. The largest absolute Gasteiger partial charge is 0.490 e. The van der Waals surface area contributed by atoms with Crippen LogP contribution >= 0.6 is 23.5 Å². The number of hydrogen-bond acceptors (Lipinski definition) is 13. The fraction of sp³-hybridized carbons (Fsp3) is 0.625. The van der Waals surface area contributed by atoms with Gasteiger partial charge in [-0.3, -0.25) is 4.52 Å². The van der Waals surface area contributed by atoms with Crippen molar-refractivity contribution in [3.63, 3.8) is 0 Å². The fourth-order valence-electron chi connectivity index (χ4n) is 3.56. The van der Waals surface area contributed by atoms with Gasteiger partial charge in [-0.15, -0.1) is 0 Å². The molecule has 8 N–H and O–H groups in total. The number of nitrogens with zero attached hydrogens (tertiary/aromatic N) is 4. The van der Waals surface area contributed by atoms with Crippen molar-refractivity contribution in [1.29, 1.82) is 0 Å². The summed E-state index contributed by atoms with van der Waals surface area (Å²) in [6.45, 7) is 2.79. The summed E-state index contributed by atoms with van der Waals surface area (Å²) in [5, 5.41) is 0. The predicted molar refractivity (Wildman–Crippen MR) is 128 cm³/mol. The van der Waals surface area contributed by atoms with Crippen molar-refractivity contribution < 1.29 is 55.5 Å². The van der Waals surface area contributed by atoms with Gasteiger partial charge in [-0.05, 0) is 19.0 Å². The number of alkyl halides is 1. The molecular weight excluding hydrogens is 564 g/mol. The third kappa shape index (κ3) is 8.40. The number of phosphoric ester groups is 1. The lowest BCUT2D eigenvalue weighted by Gasteiger charge is -2.27. The molecule has 0 radical (unpaired) electrons. The summed E-state index contributed by atoms with van der Waals surface area (Å²) in [6, 6.07) is 0.269. The van der Waals surface area contributed by atoms with Crippen LogP contribution < -0.4 is 21.3 Å². The highest BCUT2D eigenvalue weighted by Crippen LogP contribution is 2.66. The Morgan fingerprint density at radius 2 is 1.76 bits per heavy atom. The number of rotatable bonds is 13. The van der Waals surface area contributed by atoms with Crippen LogP contribution in [0.4, 0.5) is 27.7 Å². The highest BCUT2D eigenvalue weighted by Gasteiger charge is 2.43. The average Bonchev–Trinajstić information content (AvgIpc) is 3.53. The zero-order chi connectivity index (χ0) is 27.8. The molecule has 2 heterocycles. The van der Waals surface area contributed by atoms with E-state index in [0.717, 1.165) is 12.8 Å². The van der Waals surface area contributed by atoms with Crippen LogP contribution in [0, 0.1) is 0 Å². The molecule has 0 spiro atoms. The van der Waals surface area contributed by atoms with Gasteiger partial charge in [-0.25, -0.2) is 18.1 Å². The van der Waals surface area contributed by atoms with Gasteiger partial charge in [0.15, 0.2) is 11.6 Å². The molecule has 3 unspecified atom stereocenters. The number of nitrogen functional groups attached to an aromatic ring is 2. The molecule has 0 amide bonds. The van der Waals surface area contributed by atoms with Crippen LogP contribution in [0.3, 0.4) is 0 Å². The summed E-state index contributed by atoms with van der Waals surface area (Å²) >= 11 is 0. The van der Waals surface area contributed by atoms with E-state index < -0.39 is 48.5 Å². The number of nitrogens with two attached hydrogens (primary N) is 2. The zero-order valence-corrected chi connectivity index (χ0v) is 22.1. The quantitative estimate of drug-likeness (QED) is 0.175. The highest BCUT2D eigenvalue weighted by molar-refractivity contribution is 7.66. The van der Waals surface area contributed by atoms with Crippen molar-refractivity contribution >= 4 is 46.7 Å². The van der Waals surface area contributed by atoms with Gasteiger partial charge in [0.05, 0.1) is 19.3 Å². The summed E-state index contributed by atoms with van der Waals surface area (Å²) in [7, 11) is -14.8. The highest BCUT2D eigenvalue weighted by atomic mass is 31.3. The SMILES string of the molecule is C=CN(CC1O[C@H](COP(=O)(O)OP(=O)(O)OP(=O)(O)O)C[C@@H]1F)c1nc(N)nc(N(C)C2CC2)c1N. The van der Waals surface area contributed by atoms with E-state index in [2.05, 4.69) is 29.7 Å². The van der Waals surface area contributed by atoms with Crippen molar-refractivity contribution in [3.05, 3.63) is 12.8 Å². The Morgan fingerprint density at radius 1 is 1.14 bits per heavy atom. The average molecular weight is 592 g/mol.